The summed E-state index contributed by atoms with van der Waals surface area (Å²) in [5.74, 6) is -2.53. The first-order chi connectivity index (χ1) is 19.8. The quantitative estimate of drug-likeness (QED) is 0.471. The van der Waals surface area contributed by atoms with E-state index in [4.69, 9.17) is 11.6 Å². The van der Waals surface area contributed by atoms with Gasteiger partial charge in [0.05, 0.1) is 11.1 Å². The van der Waals surface area contributed by atoms with Gasteiger partial charge in [-0.25, -0.2) is 0 Å². The predicted molar refractivity (Wildman–Crippen MR) is 151 cm³/mol. The van der Waals surface area contributed by atoms with Gasteiger partial charge in [-0.15, -0.1) is 0 Å². The molecule has 208 valence electrons. The number of carbonyl (C=O) groups is 5. The molecule has 5 amide bonds. The predicted octanol–water partition coefficient (Wildman–Crippen LogP) is 3.37. The van der Waals surface area contributed by atoms with Crippen molar-refractivity contribution >= 4 is 41.1 Å². The van der Waals surface area contributed by atoms with E-state index < -0.39 is 29.7 Å². The summed E-state index contributed by atoms with van der Waals surface area (Å²) in [6.45, 7) is 3.16. The SMILES string of the molecule is O=C1CCC(N2C(=O)c3ccc(C(=O)N4CCN(Cc5ccccc5-c5ccc(Cl)cc5)CC4)cc3C2=O)C(=O)N1. The Morgan fingerprint density at radius 1 is 0.829 bits per heavy atom. The van der Waals surface area contributed by atoms with Crippen molar-refractivity contribution in [2.45, 2.75) is 25.4 Å². The second-order valence-corrected chi connectivity index (χ2v) is 10.9. The number of piperazine rings is 1. The average Bonchev–Trinajstić information content (AvgIpc) is 3.23. The molecule has 3 aliphatic heterocycles. The van der Waals surface area contributed by atoms with E-state index in [1.807, 2.05) is 36.4 Å². The van der Waals surface area contributed by atoms with Crippen LogP contribution in [0.2, 0.25) is 5.02 Å². The molecule has 41 heavy (non-hydrogen) atoms. The Hall–Kier alpha value is -4.34. The zero-order valence-corrected chi connectivity index (χ0v) is 22.9. The van der Waals surface area contributed by atoms with E-state index in [1.165, 1.54) is 17.7 Å². The van der Waals surface area contributed by atoms with Gasteiger partial charge in [-0.3, -0.25) is 39.1 Å². The van der Waals surface area contributed by atoms with Gasteiger partial charge in [-0.2, -0.15) is 0 Å². The average molecular weight is 571 g/mol. The van der Waals surface area contributed by atoms with E-state index in [9.17, 15) is 24.0 Å². The minimum absolute atomic E-state index is 0.0479. The molecule has 0 radical (unpaired) electrons. The maximum atomic E-state index is 13.4. The van der Waals surface area contributed by atoms with Gasteiger partial charge >= 0.3 is 0 Å². The van der Waals surface area contributed by atoms with Gasteiger partial charge in [0, 0.05) is 49.7 Å². The summed E-state index contributed by atoms with van der Waals surface area (Å²) in [7, 11) is 0. The molecule has 0 bridgehead atoms. The molecule has 3 aliphatic rings. The first-order valence-electron chi connectivity index (χ1n) is 13.5. The van der Waals surface area contributed by atoms with Crippen molar-refractivity contribution in [3.8, 4) is 11.1 Å². The number of hydrogen-bond acceptors (Lipinski definition) is 6. The molecule has 1 unspecified atom stereocenters. The fourth-order valence-corrected chi connectivity index (χ4v) is 5.83. The van der Waals surface area contributed by atoms with E-state index >= 15 is 0 Å². The van der Waals surface area contributed by atoms with Crippen LogP contribution in [0.25, 0.3) is 11.1 Å². The van der Waals surface area contributed by atoms with E-state index in [0.717, 1.165) is 22.6 Å². The third-order valence-electron chi connectivity index (χ3n) is 7.91. The van der Waals surface area contributed by atoms with Crippen LogP contribution in [0.1, 0.15) is 49.5 Å². The molecule has 0 saturated carbocycles. The van der Waals surface area contributed by atoms with Crippen molar-refractivity contribution in [1.82, 2.24) is 20.0 Å². The van der Waals surface area contributed by atoms with Crippen molar-refractivity contribution in [2.75, 3.05) is 26.2 Å². The molecule has 10 heteroatoms. The van der Waals surface area contributed by atoms with Crippen molar-refractivity contribution in [2.24, 2.45) is 0 Å². The van der Waals surface area contributed by atoms with Crippen molar-refractivity contribution < 1.29 is 24.0 Å². The molecule has 3 aromatic carbocycles. The second kappa shape index (κ2) is 10.9. The molecule has 3 aromatic rings. The zero-order valence-electron chi connectivity index (χ0n) is 22.1. The highest BCUT2D eigenvalue weighted by atomic mass is 35.5. The molecular formula is C31H27ClN4O5. The summed E-state index contributed by atoms with van der Waals surface area (Å²) < 4.78 is 0. The Labute approximate surface area is 241 Å². The second-order valence-electron chi connectivity index (χ2n) is 10.4. The number of rotatable bonds is 5. The number of piperidine rings is 1. The Balaban J connectivity index is 1.11. The largest absolute Gasteiger partial charge is 0.336 e. The topological polar surface area (TPSA) is 107 Å². The van der Waals surface area contributed by atoms with Gasteiger partial charge in [0.2, 0.25) is 11.8 Å². The van der Waals surface area contributed by atoms with Gasteiger partial charge in [0.15, 0.2) is 0 Å². The Morgan fingerprint density at radius 3 is 2.27 bits per heavy atom. The first kappa shape index (κ1) is 26.9. The maximum absolute atomic E-state index is 13.4. The summed E-state index contributed by atoms with van der Waals surface area (Å²) >= 11 is 6.07. The van der Waals surface area contributed by atoms with Crippen LogP contribution in [0.4, 0.5) is 0 Å². The van der Waals surface area contributed by atoms with Crippen LogP contribution >= 0.6 is 11.6 Å². The Kier molecular flexibility index (Phi) is 7.15. The van der Waals surface area contributed by atoms with E-state index in [1.54, 1.807) is 11.0 Å². The highest BCUT2D eigenvalue weighted by molar-refractivity contribution is 6.30. The first-order valence-corrected chi connectivity index (χ1v) is 13.9. The summed E-state index contributed by atoms with van der Waals surface area (Å²) in [5, 5.41) is 2.88. The van der Waals surface area contributed by atoms with Crippen LogP contribution in [0.15, 0.2) is 66.7 Å². The molecule has 6 rings (SSSR count). The minimum Gasteiger partial charge on any atom is -0.336 e. The summed E-state index contributed by atoms with van der Waals surface area (Å²) in [5.41, 5.74) is 4.00. The third kappa shape index (κ3) is 5.14. The Morgan fingerprint density at radius 2 is 1.54 bits per heavy atom. The van der Waals surface area contributed by atoms with Crippen LogP contribution in [0.5, 0.6) is 0 Å². The smallest absolute Gasteiger partial charge is 0.262 e. The number of nitrogens with zero attached hydrogens (tertiary/aromatic N) is 3. The monoisotopic (exact) mass is 570 g/mol. The fraction of sp³-hybridized carbons (Fsp3) is 0.258. The van der Waals surface area contributed by atoms with E-state index in [2.05, 4.69) is 22.3 Å². The lowest BCUT2D eigenvalue weighted by molar-refractivity contribution is -0.136. The van der Waals surface area contributed by atoms with Crippen LogP contribution < -0.4 is 5.32 Å². The van der Waals surface area contributed by atoms with Crippen molar-refractivity contribution in [1.29, 1.82) is 0 Å². The molecular weight excluding hydrogens is 544 g/mol. The van der Waals surface area contributed by atoms with Crippen LogP contribution in [0, 0.1) is 0 Å². The van der Waals surface area contributed by atoms with Crippen LogP contribution in [-0.2, 0) is 16.1 Å². The lowest BCUT2D eigenvalue weighted by Crippen LogP contribution is -2.54. The molecule has 2 fully saturated rings. The molecule has 1 N–H and O–H groups in total. The van der Waals surface area contributed by atoms with Gasteiger partial charge < -0.3 is 4.90 Å². The molecule has 9 nitrogen and oxygen atoms in total. The van der Waals surface area contributed by atoms with Crippen molar-refractivity contribution in [3.05, 3.63) is 94.0 Å². The fourth-order valence-electron chi connectivity index (χ4n) is 5.71. The lowest BCUT2D eigenvalue weighted by atomic mass is 9.99. The standard InChI is InChI=1S/C31H27ClN4O5/c32-22-8-5-19(6-9-22)23-4-2-1-3-21(23)18-34-13-15-35(16-14-34)29(39)20-7-10-24-25(17-20)31(41)36(30(24)40)26-11-12-27(37)33-28(26)38/h1-10,17,26H,11-16,18H2,(H,33,37,38). The highest BCUT2D eigenvalue weighted by Gasteiger charge is 2.45. The van der Waals surface area contributed by atoms with Crippen LogP contribution in [0.3, 0.4) is 0 Å². The number of carbonyl (C=O) groups excluding carboxylic acids is 5. The molecule has 0 aromatic heterocycles. The Bertz CT molecular complexity index is 1580. The molecule has 2 saturated heterocycles. The number of halogens is 1. The van der Waals surface area contributed by atoms with Gasteiger partial charge in [0.25, 0.3) is 17.7 Å². The molecule has 0 spiro atoms. The normalized spacial score (nSPS) is 19.4. The highest BCUT2D eigenvalue weighted by Crippen LogP contribution is 2.29. The number of benzene rings is 3. The number of amides is 5. The van der Waals surface area contributed by atoms with Gasteiger partial charge in [0.1, 0.15) is 6.04 Å². The van der Waals surface area contributed by atoms with E-state index in [-0.39, 0.29) is 29.9 Å². The van der Waals surface area contributed by atoms with Gasteiger partial charge in [-0.1, -0.05) is 48.0 Å². The zero-order chi connectivity index (χ0) is 28.7. The van der Waals surface area contributed by atoms with Crippen LogP contribution in [-0.4, -0.2) is 76.5 Å². The molecule has 1 atom stereocenters. The maximum Gasteiger partial charge on any atom is 0.262 e. The minimum atomic E-state index is -1.04. The summed E-state index contributed by atoms with van der Waals surface area (Å²) in [6, 6.07) is 19.5. The number of hydrogen-bond donors (Lipinski definition) is 1. The van der Waals surface area contributed by atoms with E-state index in [0.29, 0.717) is 36.8 Å². The third-order valence-corrected chi connectivity index (χ3v) is 8.16. The molecule has 3 heterocycles. The van der Waals surface area contributed by atoms with Gasteiger partial charge in [-0.05, 0) is 53.4 Å². The number of nitrogens with one attached hydrogen (secondary N) is 1. The summed E-state index contributed by atoms with van der Waals surface area (Å²) in [4.78, 5) is 68.3. The lowest BCUT2D eigenvalue weighted by Gasteiger charge is -2.35. The molecule has 0 aliphatic carbocycles. The number of imide groups is 2. The number of fused-ring (bicyclic) bond motifs is 1. The summed E-state index contributed by atoms with van der Waals surface area (Å²) in [6.07, 6.45) is 0.128. The van der Waals surface area contributed by atoms with Crippen molar-refractivity contribution in [3.63, 3.8) is 0 Å².